The number of hydrogen-bond acceptors (Lipinski definition) is 4. The lowest BCUT2D eigenvalue weighted by Gasteiger charge is -2.22. The molecule has 2 rings (SSSR count). The van der Waals surface area contributed by atoms with Crippen LogP contribution >= 0.6 is 0 Å². The molecule has 0 unspecified atom stereocenters. The summed E-state index contributed by atoms with van der Waals surface area (Å²) in [6, 6.07) is 10.2. The third-order valence-corrected chi connectivity index (χ3v) is 2.27. The van der Waals surface area contributed by atoms with Crippen molar-refractivity contribution in [2.24, 2.45) is 10.8 Å². The molecular weight excluding hydrogens is 188 g/mol. The second-order valence-electron chi connectivity index (χ2n) is 3.49. The van der Waals surface area contributed by atoms with Crippen LogP contribution in [0.25, 0.3) is 0 Å². The highest BCUT2D eigenvalue weighted by Crippen LogP contribution is 2.05. The molecule has 0 fully saturated rings. The first-order valence-electron chi connectivity index (χ1n) is 4.83. The average molecular weight is 202 g/mol. The van der Waals surface area contributed by atoms with E-state index in [0.717, 1.165) is 12.1 Å². The van der Waals surface area contributed by atoms with Crippen LogP contribution in [0.2, 0.25) is 0 Å². The fraction of sp³-hybridized carbons (Fsp3) is 0.182. The topological polar surface area (TPSA) is 53.6 Å². The summed E-state index contributed by atoms with van der Waals surface area (Å²) in [4.78, 5) is 0. The van der Waals surface area contributed by atoms with E-state index in [4.69, 9.17) is 5.73 Å². The molecule has 4 nitrogen and oxygen atoms in total. The molecule has 0 amide bonds. The standard InChI is InChI=1S/C11H14N4/c1-15-11(12)8-10(13-14-15)7-9-5-3-2-4-6-9/h2-6,8,14H,7,12H2,1H3. The first kappa shape index (κ1) is 9.58. The van der Waals surface area contributed by atoms with Gasteiger partial charge in [-0.3, -0.25) is 5.01 Å². The Balaban J connectivity index is 2.09. The van der Waals surface area contributed by atoms with E-state index in [-0.39, 0.29) is 0 Å². The summed E-state index contributed by atoms with van der Waals surface area (Å²) in [6.07, 6.45) is 2.67. The second-order valence-corrected chi connectivity index (χ2v) is 3.49. The molecule has 0 atom stereocenters. The number of hydrogen-bond donors (Lipinski definition) is 2. The number of rotatable bonds is 2. The molecule has 1 heterocycles. The van der Waals surface area contributed by atoms with E-state index in [9.17, 15) is 0 Å². The van der Waals surface area contributed by atoms with Gasteiger partial charge in [0.25, 0.3) is 0 Å². The number of allylic oxidation sites excluding steroid dienone is 1. The fourth-order valence-corrected chi connectivity index (χ4v) is 1.39. The number of hydrazone groups is 1. The number of nitrogens with two attached hydrogens (primary N) is 1. The van der Waals surface area contributed by atoms with Gasteiger partial charge in [-0.05, 0) is 5.56 Å². The summed E-state index contributed by atoms with van der Waals surface area (Å²) in [5.74, 6) is 0.677. The van der Waals surface area contributed by atoms with E-state index in [1.54, 1.807) is 5.01 Å². The van der Waals surface area contributed by atoms with Gasteiger partial charge in [0, 0.05) is 19.5 Å². The Labute approximate surface area is 89.0 Å². The summed E-state index contributed by atoms with van der Waals surface area (Å²) in [6.45, 7) is 0. The smallest absolute Gasteiger partial charge is 0.120 e. The van der Waals surface area contributed by atoms with Gasteiger partial charge in [-0.1, -0.05) is 30.3 Å². The van der Waals surface area contributed by atoms with Gasteiger partial charge in [0.1, 0.15) is 5.82 Å². The molecule has 78 valence electrons. The lowest BCUT2D eigenvalue weighted by molar-refractivity contribution is 0.299. The Hall–Kier alpha value is -1.97. The molecule has 0 spiro atoms. The van der Waals surface area contributed by atoms with Crippen molar-refractivity contribution in [3.63, 3.8) is 0 Å². The summed E-state index contributed by atoms with van der Waals surface area (Å²) in [5.41, 5.74) is 10.8. The lowest BCUT2D eigenvalue weighted by Crippen LogP contribution is -2.37. The molecule has 0 saturated carbocycles. The van der Waals surface area contributed by atoms with E-state index < -0.39 is 0 Å². The first-order valence-corrected chi connectivity index (χ1v) is 4.83. The Morgan fingerprint density at radius 3 is 2.73 bits per heavy atom. The maximum atomic E-state index is 5.77. The van der Waals surface area contributed by atoms with Gasteiger partial charge in [0.2, 0.25) is 0 Å². The molecule has 0 radical (unpaired) electrons. The van der Waals surface area contributed by atoms with Crippen LogP contribution in [-0.4, -0.2) is 17.8 Å². The molecule has 1 aliphatic rings. The number of benzene rings is 1. The van der Waals surface area contributed by atoms with Gasteiger partial charge in [0.05, 0.1) is 5.71 Å². The molecule has 0 bridgehead atoms. The van der Waals surface area contributed by atoms with E-state index >= 15 is 0 Å². The maximum Gasteiger partial charge on any atom is 0.120 e. The van der Waals surface area contributed by atoms with Crippen molar-refractivity contribution in [1.29, 1.82) is 0 Å². The Bertz CT molecular complexity index is 394. The predicted octanol–water partition coefficient (Wildman–Crippen LogP) is 0.835. The van der Waals surface area contributed by atoms with Crippen molar-refractivity contribution in [1.82, 2.24) is 10.5 Å². The van der Waals surface area contributed by atoms with Gasteiger partial charge in [0.15, 0.2) is 0 Å². The normalized spacial score (nSPS) is 15.4. The highest BCUT2D eigenvalue weighted by atomic mass is 15.7. The van der Waals surface area contributed by atoms with Crippen molar-refractivity contribution < 1.29 is 0 Å². The molecule has 1 aromatic rings. The van der Waals surface area contributed by atoms with Crippen molar-refractivity contribution in [3.8, 4) is 0 Å². The zero-order chi connectivity index (χ0) is 10.7. The van der Waals surface area contributed by atoms with Gasteiger partial charge in [-0.15, -0.1) is 0 Å². The maximum absolute atomic E-state index is 5.77. The van der Waals surface area contributed by atoms with Crippen LogP contribution in [0.15, 0.2) is 47.3 Å². The molecule has 0 aliphatic carbocycles. The van der Waals surface area contributed by atoms with Crippen LogP contribution in [0.4, 0.5) is 0 Å². The Morgan fingerprint density at radius 1 is 1.33 bits per heavy atom. The summed E-state index contributed by atoms with van der Waals surface area (Å²) >= 11 is 0. The predicted molar refractivity (Wildman–Crippen MR) is 60.8 cm³/mol. The summed E-state index contributed by atoms with van der Waals surface area (Å²) < 4.78 is 0. The number of hydrazine groups is 1. The third kappa shape index (κ3) is 2.28. The van der Waals surface area contributed by atoms with Crippen molar-refractivity contribution in [2.75, 3.05) is 7.05 Å². The van der Waals surface area contributed by atoms with Crippen molar-refractivity contribution in [3.05, 3.63) is 47.8 Å². The van der Waals surface area contributed by atoms with Crippen LogP contribution < -0.4 is 11.3 Å². The highest BCUT2D eigenvalue weighted by Gasteiger charge is 2.08. The third-order valence-electron chi connectivity index (χ3n) is 2.27. The molecule has 4 heteroatoms. The quantitative estimate of drug-likeness (QED) is 0.747. The Kier molecular flexibility index (Phi) is 2.58. The van der Waals surface area contributed by atoms with Crippen LogP contribution in [0, 0.1) is 0 Å². The largest absolute Gasteiger partial charge is 0.384 e. The van der Waals surface area contributed by atoms with E-state index in [2.05, 4.69) is 22.8 Å². The van der Waals surface area contributed by atoms with Gasteiger partial charge in [-0.2, -0.15) is 5.10 Å². The molecule has 3 N–H and O–H groups in total. The van der Waals surface area contributed by atoms with Crippen molar-refractivity contribution >= 4 is 5.71 Å². The van der Waals surface area contributed by atoms with Crippen LogP contribution in [0.3, 0.4) is 0 Å². The molecular formula is C11H14N4. The number of nitrogens with one attached hydrogen (secondary N) is 1. The SMILES string of the molecule is CN1NN=C(Cc2ccccc2)C=C1N. The van der Waals surface area contributed by atoms with Gasteiger partial charge >= 0.3 is 0 Å². The minimum absolute atomic E-state index is 0.677. The van der Waals surface area contributed by atoms with E-state index in [1.165, 1.54) is 5.56 Å². The molecule has 1 aliphatic heterocycles. The minimum Gasteiger partial charge on any atom is -0.384 e. The molecule has 0 saturated heterocycles. The number of nitrogens with zero attached hydrogens (tertiary/aromatic N) is 2. The van der Waals surface area contributed by atoms with Crippen LogP contribution in [0.5, 0.6) is 0 Å². The molecule has 15 heavy (non-hydrogen) atoms. The lowest BCUT2D eigenvalue weighted by atomic mass is 10.1. The zero-order valence-corrected chi connectivity index (χ0v) is 8.64. The van der Waals surface area contributed by atoms with Gasteiger partial charge in [-0.25, -0.2) is 5.53 Å². The van der Waals surface area contributed by atoms with Crippen molar-refractivity contribution in [2.45, 2.75) is 6.42 Å². The summed E-state index contributed by atoms with van der Waals surface area (Å²) in [5, 5.41) is 5.87. The second kappa shape index (κ2) is 4.04. The van der Waals surface area contributed by atoms with E-state index in [1.807, 2.05) is 31.3 Å². The fourth-order valence-electron chi connectivity index (χ4n) is 1.39. The monoisotopic (exact) mass is 202 g/mol. The summed E-state index contributed by atoms with van der Waals surface area (Å²) in [7, 11) is 1.83. The molecule has 1 aromatic carbocycles. The molecule has 0 aromatic heterocycles. The minimum atomic E-state index is 0.677. The van der Waals surface area contributed by atoms with E-state index in [0.29, 0.717) is 5.82 Å². The average Bonchev–Trinajstić information content (AvgIpc) is 2.25. The first-order chi connectivity index (χ1) is 7.25. The highest BCUT2D eigenvalue weighted by molar-refractivity contribution is 5.97. The zero-order valence-electron chi connectivity index (χ0n) is 8.64. The van der Waals surface area contributed by atoms with Crippen LogP contribution in [-0.2, 0) is 6.42 Å². The van der Waals surface area contributed by atoms with Gasteiger partial charge < -0.3 is 5.73 Å². The Morgan fingerprint density at radius 2 is 2.07 bits per heavy atom. The van der Waals surface area contributed by atoms with Crippen LogP contribution in [0.1, 0.15) is 5.56 Å².